The van der Waals surface area contributed by atoms with Gasteiger partial charge in [-0.05, 0) is 48.0 Å². The van der Waals surface area contributed by atoms with E-state index in [1.165, 1.54) is 49.6 Å². The number of hydrogen-bond acceptors (Lipinski definition) is 4. The number of methoxy groups -OCH3 is 1. The molecule has 0 unspecified atom stereocenters. The molecular weight excluding hydrogens is 483 g/mol. The van der Waals surface area contributed by atoms with Gasteiger partial charge in [0, 0.05) is 21.5 Å². The first kappa shape index (κ1) is 24.3. The Morgan fingerprint density at radius 3 is 2.29 bits per heavy atom. The SMILES string of the molecule is COc1ccc2c(c1)c(CC(=O)OCc1ccccc1)c(C(F)(F)F)n2C(=O)c1ccc(Cl)cc1. The van der Waals surface area contributed by atoms with Crippen molar-refractivity contribution in [1.29, 1.82) is 0 Å². The number of carbonyl (C=O) groups is 2. The summed E-state index contributed by atoms with van der Waals surface area (Å²) in [6, 6.07) is 18.5. The number of alkyl halides is 3. The molecule has 4 rings (SSSR count). The molecule has 0 N–H and O–H groups in total. The lowest BCUT2D eigenvalue weighted by Gasteiger charge is -2.14. The largest absolute Gasteiger partial charge is 0.497 e. The molecule has 5 nitrogen and oxygen atoms in total. The number of rotatable bonds is 6. The second kappa shape index (κ2) is 9.84. The fourth-order valence-corrected chi connectivity index (χ4v) is 3.93. The van der Waals surface area contributed by atoms with E-state index in [9.17, 15) is 22.8 Å². The summed E-state index contributed by atoms with van der Waals surface area (Å²) in [6.45, 7) is -0.0906. The lowest BCUT2D eigenvalue weighted by molar-refractivity contribution is -0.146. The van der Waals surface area contributed by atoms with Gasteiger partial charge in [0.2, 0.25) is 0 Å². The molecule has 0 aliphatic heterocycles. The Hall–Kier alpha value is -3.78. The molecule has 35 heavy (non-hydrogen) atoms. The van der Waals surface area contributed by atoms with Crippen LogP contribution in [0.25, 0.3) is 10.9 Å². The van der Waals surface area contributed by atoms with E-state index < -0.39 is 30.2 Å². The van der Waals surface area contributed by atoms with Gasteiger partial charge >= 0.3 is 12.1 Å². The maximum atomic E-state index is 14.4. The number of aromatic nitrogens is 1. The minimum Gasteiger partial charge on any atom is -0.497 e. The molecule has 0 radical (unpaired) electrons. The molecule has 9 heteroatoms. The van der Waals surface area contributed by atoms with Crippen LogP contribution >= 0.6 is 11.6 Å². The van der Waals surface area contributed by atoms with Crippen molar-refractivity contribution >= 4 is 34.4 Å². The first-order valence-electron chi connectivity index (χ1n) is 10.5. The van der Waals surface area contributed by atoms with E-state index in [4.69, 9.17) is 21.1 Å². The molecule has 0 aliphatic rings. The molecule has 180 valence electrons. The van der Waals surface area contributed by atoms with Gasteiger partial charge < -0.3 is 9.47 Å². The fourth-order valence-electron chi connectivity index (χ4n) is 3.80. The first-order chi connectivity index (χ1) is 16.7. The Morgan fingerprint density at radius 1 is 0.971 bits per heavy atom. The van der Waals surface area contributed by atoms with E-state index >= 15 is 0 Å². The van der Waals surface area contributed by atoms with E-state index in [1.807, 2.05) is 0 Å². The standard InChI is InChI=1S/C26H19ClF3NO4/c1-34-19-11-12-22-20(13-19)21(14-23(32)35-15-16-5-3-2-4-6-16)24(26(28,29)30)31(22)25(33)17-7-9-18(27)10-8-17/h2-13H,14-15H2,1H3. The predicted octanol–water partition coefficient (Wildman–Crippen LogP) is 6.30. The number of ether oxygens (including phenoxy) is 2. The number of carbonyl (C=O) groups excluding carboxylic acids is 2. The molecule has 0 saturated carbocycles. The van der Waals surface area contributed by atoms with Crippen LogP contribution in [0, 0.1) is 0 Å². The van der Waals surface area contributed by atoms with E-state index in [1.54, 1.807) is 30.3 Å². The smallest absolute Gasteiger partial charge is 0.432 e. The zero-order valence-electron chi connectivity index (χ0n) is 18.4. The van der Waals surface area contributed by atoms with E-state index in [-0.39, 0.29) is 34.4 Å². The first-order valence-corrected chi connectivity index (χ1v) is 10.8. The number of esters is 1. The molecule has 0 saturated heterocycles. The summed E-state index contributed by atoms with van der Waals surface area (Å²) in [5.41, 5.74) is -0.919. The van der Waals surface area contributed by atoms with Crippen LogP contribution < -0.4 is 4.74 Å². The number of nitrogens with zero attached hydrogens (tertiary/aromatic N) is 1. The van der Waals surface area contributed by atoms with Gasteiger partial charge in [0.05, 0.1) is 19.0 Å². The Bertz CT molecular complexity index is 1380. The van der Waals surface area contributed by atoms with Crippen molar-refractivity contribution < 1.29 is 32.2 Å². The summed E-state index contributed by atoms with van der Waals surface area (Å²) in [6.07, 6.45) is -5.63. The Morgan fingerprint density at radius 2 is 1.66 bits per heavy atom. The minimum atomic E-state index is -4.94. The molecule has 1 aromatic heterocycles. The topological polar surface area (TPSA) is 57.5 Å². The Kier molecular flexibility index (Phi) is 6.84. The Labute approximate surface area is 203 Å². The molecule has 3 aromatic carbocycles. The van der Waals surface area contributed by atoms with Gasteiger partial charge in [0.15, 0.2) is 0 Å². The molecular formula is C26H19ClF3NO4. The molecule has 1 heterocycles. The second-order valence-corrected chi connectivity index (χ2v) is 8.11. The van der Waals surface area contributed by atoms with Crippen LogP contribution in [-0.4, -0.2) is 23.6 Å². The predicted molar refractivity (Wildman–Crippen MR) is 125 cm³/mol. The van der Waals surface area contributed by atoms with Crippen LogP contribution in [0.5, 0.6) is 5.75 Å². The number of hydrogen-bond donors (Lipinski definition) is 0. The van der Waals surface area contributed by atoms with E-state index in [0.29, 0.717) is 15.2 Å². The van der Waals surface area contributed by atoms with Gasteiger partial charge in [0.25, 0.3) is 5.91 Å². The summed E-state index contributed by atoms with van der Waals surface area (Å²) in [5.74, 6) is -1.49. The zero-order valence-corrected chi connectivity index (χ0v) is 19.2. The fraction of sp³-hybridized carbons (Fsp3) is 0.154. The maximum Gasteiger partial charge on any atom is 0.432 e. The third-order valence-electron chi connectivity index (χ3n) is 5.41. The summed E-state index contributed by atoms with van der Waals surface area (Å²) < 4.78 is 54.2. The van der Waals surface area contributed by atoms with Crippen molar-refractivity contribution in [2.24, 2.45) is 0 Å². The normalized spacial score (nSPS) is 11.5. The van der Waals surface area contributed by atoms with Gasteiger partial charge in [-0.2, -0.15) is 13.2 Å². The number of benzene rings is 3. The molecule has 4 aromatic rings. The summed E-state index contributed by atoms with van der Waals surface area (Å²) >= 11 is 5.87. The molecule has 0 fully saturated rings. The van der Waals surface area contributed by atoms with Crippen LogP contribution in [0.3, 0.4) is 0 Å². The van der Waals surface area contributed by atoms with Crippen LogP contribution in [0.2, 0.25) is 5.02 Å². The average Bonchev–Trinajstić information content (AvgIpc) is 3.17. The van der Waals surface area contributed by atoms with E-state index in [0.717, 1.165) is 0 Å². The highest BCUT2D eigenvalue weighted by molar-refractivity contribution is 6.30. The van der Waals surface area contributed by atoms with Gasteiger partial charge in [-0.1, -0.05) is 41.9 Å². The van der Waals surface area contributed by atoms with Crippen LogP contribution in [-0.2, 0) is 28.7 Å². The van der Waals surface area contributed by atoms with Crippen LogP contribution in [0.15, 0.2) is 72.8 Å². The van der Waals surface area contributed by atoms with Crippen molar-refractivity contribution in [3.05, 3.63) is 100 Å². The van der Waals surface area contributed by atoms with Gasteiger partial charge in [0.1, 0.15) is 18.1 Å². The van der Waals surface area contributed by atoms with Crippen molar-refractivity contribution in [3.63, 3.8) is 0 Å². The summed E-state index contributed by atoms with van der Waals surface area (Å²) in [7, 11) is 1.37. The average molecular weight is 502 g/mol. The van der Waals surface area contributed by atoms with Crippen molar-refractivity contribution in [2.45, 2.75) is 19.2 Å². The van der Waals surface area contributed by atoms with Crippen molar-refractivity contribution in [1.82, 2.24) is 4.57 Å². The van der Waals surface area contributed by atoms with Gasteiger partial charge in [-0.3, -0.25) is 14.2 Å². The van der Waals surface area contributed by atoms with Crippen molar-refractivity contribution in [3.8, 4) is 5.75 Å². The molecule has 0 spiro atoms. The second-order valence-electron chi connectivity index (χ2n) is 7.68. The highest BCUT2D eigenvalue weighted by Gasteiger charge is 2.41. The van der Waals surface area contributed by atoms with Crippen molar-refractivity contribution in [2.75, 3.05) is 7.11 Å². The Balaban J connectivity index is 1.82. The van der Waals surface area contributed by atoms with Crippen LogP contribution in [0.1, 0.15) is 27.2 Å². The lowest BCUT2D eigenvalue weighted by atomic mass is 10.1. The maximum absolute atomic E-state index is 14.4. The van der Waals surface area contributed by atoms with E-state index in [2.05, 4.69) is 0 Å². The molecule has 0 amide bonds. The highest BCUT2D eigenvalue weighted by Crippen LogP contribution is 2.40. The quantitative estimate of drug-likeness (QED) is 0.291. The highest BCUT2D eigenvalue weighted by atomic mass is 35.5. The van der Waals surface area contributed by atoms with Gasteiger partial charge in [-0.25, -0.2) is 0 Å². The third-order valence-corrected chi connectivity index (χ3v) is 5.66. The van der Waals surface area contributed by atoms with Gasteiger partial charge in [-0.15, -0.1) is 0 Å². The number of fused-ring (bicyclic) bond motifs is 1. The zero-order chi connectivity index (χ0) is 25.2. The molecule has 0 atom stereocenters. The minimum absolute atomic E-state index is 0.00539. The number of halogens is 4. The molecule has 0 bridgehead atoms. The third kappa shape index (κ3) is 5.17. The monoisotopic (exact) mass is 501 g/mol. The van der Waals surface area contributed by atoms with Crippen LogP contribution in [0.4, 0.5) is 13.2 Å². The summed E-state index contributed by atoms with van der Waals surface area (Å²) in [5, 5.41) is 0.400. The molecule has 0 aliphatic carbocycles. The summed E-state index contributed by atoms with van der Waals surface area (Å²) in [4.78, 5) is 25.9. The lowest BCUT2D eigenvalue weighted by Crippen LogP contribution is -2.22.